The van der Waals surface area contributed by atoms with E-state index in [1.54, 1.807) is 6.07 Å². The predicted octanol–water partition coefficient (Wildman–Crippen LogP) is 1.43. The topological polar surface area (TPSA) is 106 Å². The maximum absolute atomic E-state index is 12.8. The van der Waals surface area contributed by atoms with Crippen molar-refractivity contribution in [1.29, 1.82) is 0 Å². The van der Waals surface area contributed by atoms with Gasteiger partial charge in [-0.3, -0.25) is 14.4 Å². The molecule has 31 heavy (non-hydrogen) atoms. The Balaban J connectivity index is 1.90. The molecule has 2 N–H and O–H groups in total. The summed E-state index contributed by atoms with van der Waals surface area (Å²) in [6, 6.07) is 6.41. The summed E-state index contributed by atoms with van der Waals surface area (Å²) in [6.07, 6.45) is -0.159. The minimum absolute atomic E-state index is 0.00673. The van der Waals surface area contributed by atoms with E-state index in [9.17, 15) is 14.4 Å². The van der Waals surface area contributed by atoms with Crippen molar-refractivity contribution in [3.05, 3.63) is 24.3 Å². The molecule has 0 radical (unpaired) electrons. The second-order valence-corrected chi connectivity index (χ2v) is 7.60. The van der Waals surface area contributed by atoms with E-state index in [1.165, 1.54) is 4.90 Å². The summed E-state index contributed by atoms with van der Waals surface area (Å²) in [5.41, 5.74) is 0.719. The van der Waals surface area contributed by atoms with Crippen molar-refractivity contribution in [2.45, 2.75) is 33.2 Å². The molecule has 1 fully saturated rings. The van der Waals surface area contributed by atoms with Crippen molar-refractivity contribution in [2.75, 3.05) is 51.4 Å². The van der Waals surface area contributed by atoms with E-state index in [0.717, 1.165) is 5.69 Å². The molecule has 9 heteroatoms. The van der Waals surface area contributed by atoms with Gasteiger partial charge in [0, 0.05) is 31.5 Å². The van der Waals surface area contributed by atoms with Gasteiger partial charge in [0.05, 0.1) is 26.2 Å². The van der Waals surface area contributed by atoms with Gasteiger partial charge in [0.1, 0.15) is 18.4 Å². The van der Waals surface area contributed by atoms with Gasteiger partial charge in [-0.1, -0.05) is 19.9 Å². The lowest BCUT2D eigenvalue weighted by atomic mass is 10.1. The van der Waals surface area contributed by atoms with Crippen LogP contribution >= 0.6 is 0 Å². The summed E-state index contributed by atoms with van der Waals surface area (Å²) in [5.74, 6) is -0.228. The highest BCUT2D eigenvalue weighted by Crippen LogP contribution is 2.18. The molecule has 0 spiro atoms. The van der Waals surface area contributed by atoms with Crippen molar-refractivity contribution < 1.29 is 28.6 Å². The number of rotatable bonds is 12. The van der Waals surface area contributed by atoms with Crippen LogP contribution in [0.1, 0.15) is 27.2 Å². The smallest absolute Gasteiger partial charge is 0.308 e. The third-order valence-corrected chi connectivity index (χ3v) is 4.57. The number of ether oxygens (including phenoxy) is 3. The molecule has 0 aliphatic carbocycles. The van der Waals surface area contributed by atoms with E-state index < -0.39 is 12.0 Å². The fourth-order valence-corrected chi connectivity index (χ4v) is 3.03. The second kappa shape index (κ2) is 12.8. The van der Waals surface area contributed by atoms with Gasteiger partial charge in [0.2, 0.25) is 11.8 Å². The number of esters is 1. The third-order valence-electron chi connectivity index (χ3n) is 4.57. The molecule has 1 atom stereocenters. The molecular formula is C22H33N3O6. The molecule has 1 aliphatic heterocycles. The van der Waals surface area contributed by atoms with Gasteiger partial charge in [-0.15, -0.1) is 0 Å². The lowest BCUT2D eigenvalue weighted by Gasteiger charge is -2.34. The number of hydrogen-bond donors (Lipinski definition) is 2. The van der Waals surface area contributed by atoms with Gasteiger partial charge in [0.25, 0.3) is 0 Å². The SMILES string of the molecule is CCOCCOc1cccc(NCC(=O)N2CCNC(=O)C2CC(=O)OCC(C)C)c1. The minimum Gasteiger partial charge on any atom is -0.491 e. The number of amides is 2. The monoisotopic (exact) mass is 435 g/mol. The largest absolute Gasteiger partial charge is 0.491 e. The Bertz CT molecular complexity index is 740. The maximum atomic E-state index is 12.8. The van der Waals surface area contributed by atoms with Crippen LogP contribution in [0, 0.1) is 5.92 Å². The van der Waals surface area contributed by atoms with Gasteiger partial charge >= 0.3 is 5.97 Å². The van der Waals surface area contributed by atoms with Gasteiger partial charge in [0.15, 0.2) is 0 Å². The maximum Gasteiger partial charge on any atom is 0.308 e. The number of piperazine rings is 1. The zero-order chi connectivity index (χ0) is 22.6. The number of hydrogen-bond acceptors (Lipinski definition) is 7. The Labute approximate surface area is 183 Å². The van der Waals surface area contributed by atoms with Crippen LogP contribution in [0.3, 0.4) is 0 Å². The van der Waals surface area contributed by atoms with Crippen molar-refractivity contribution in [3.8, 4) is 5.75 Å². The highest BCUT2D eigenvalue weighted by molar-refractivity contribution is 5.93. The van der Waals surface area contributed by atoms with Crippen LogP contribution in [0.25, 0.3) is 0 Å². The molecule has 1 unspecified atom stereocenters. The van der Waals surface area contributed by atoms with Crippen LogP contribution in [-0.2, 0) is 23.9 Å². The molecule has 1 aromatic rings. The normalized spacial score (nSPS) is 16.1. The summed E-state index contributed by atoms with van der Waals surface area (Å²) in [4.78, 5) is 38.6. The standard InChI is InChI=1S/C22H33N3O6/c1-4-29-10-11-30-18-7-5-6-17(12-18)24-14-20(26)25-9-8-23-22(28)19(25)13-21(27)31-15-16(2)3/h5-7,12,16,19,24H,4,8-11,13-15H2,1-3H3,(H,23,28). The highest BCUT2D eigenvalue weighted by atomic mass is 16.5. The Morgan fingerprint density at radius 2 is 2.10 bits per heavy atom. The number of anilines is 1. The molecule has 0 aromatic heterocycles. The summed E-state index contributed by atoms with van der Waals surface area (Å²) < 4.78 is 16.0. The molecule has 1 heterocycles. The van der Waals surface area contributed by atoms with Gasteiger partial charge < -0.3 is 29.7 Å². The van der Waals surface area contributed by atoms with Crippen LogP contribution in [0.4, 0.5) is 5.69 Å². The number of carbonyl (C=O) groups is 3. The first-order valence-corrected chi connectivity index (χ1v) is 10.7. The van der Waals surface area contributed by atoms with Crippen LogP contribution in [-0.4, -0.2) is 74.8 Å². The molecule has 1 aliphatic rings. The number of carbonyl (C=O) groups excluding carboxylic acids is 3. The van der Waals surface area contributed by atoms with E-state index in [4.69, 9.17) is 14.2 Å². The Hall–Kier alpha value is -2.81. The molecule has 9 nitrogen and oxygen atoms in total. The zero-order valence-electron chi connectivity index (χ0n) is 18.5. The lowest BCUT2D eigenvalue weighted by molar-refractivity contribution is -0.152. The third kappa shape index (κ3) is 8.45. The molecule has 172 valence electrons. The zero-order valence-corrected chi connectivity index (χ0v) is 18.5. The molecule has 1 saturated heterocycles. The van der Waals surface area contributed by atoms with Crippen LogP contribution in [0.15, 0.2) is 24.3 Å². The molecular weight excluding hydrogens is 402 g/mol. The summed E-state index contributed by atoms with van der Waals surface area (Å²) in [6.45, 7) is 8.34. The van der Waals surface area contributed by atoms with Gasteiger partial charge in [-0.2, -0.15) is 0 Å². The molecule has 0 bridgehead atoms. The predicted molar refractivity (Wildman–Crippen MR) is 116 cm³/mol. The van der Waals surface area contributed by atoms with Crippen molar-refractivity contribution >= 4 is 23.5 Å². The molecule has 2 rings (SSSR count). The second-order valence-electron chi connectivity index (χ2n) is 7.60. The van der Waals surface area contributed by atoms with Crippen LogP contribution in [0.2, 0.25) is 0 Å². The van der Waals surface area contributed by atoms with Crippen LogP contribution in [0.5, 0.6) is 5.75 Å². The first-order valence-electron chi connectivity index (χ1n) is 10.7. The van der Waals surface area contributed by atoms with Crippen LogP contribution < -0.4 is 15.4 Å². The van der Waals surface area contributed by atoms with Crippen molar-refractivity contribution in [3.63, 3.8) is 0 Å². The van der Waals surface area contributed by atoms with Crippen molar-refractivity contribution in [2.24, 2.45) is 5.92 Å². The molecule has 2 amide bonds. The summed E-state index contributed by atoms with van der Waals surface area (Å²) in [7, 11) is 0. The highest BCUT2D eigenvalue weighted by Gasteiger charge is 2.35. The van der Waals surface area contributed by atoms with Gasteiger partial charge in [-0.05, 0) is 25.0 Å². The Kier molecular flexibility index (Phi) is 10.1. The first kappa shape index (κ1) is 24.5. The fraction of sp³-hybridized carbons (Fsp3) is 0.591. The minimum atomic E-state index is -0.865. The van der Waals surface area contributed by atoms with Crippen molar-refractivity contribution in [1.82, 2.24) is 10.2 Å². The van der Waals surface area contributed by atoms with E-state index in [1.807, 2.05) is 39.0 Å². The lowest BCUT2D eigenvalue weighted by Crippen LogP contribution is -2.58. The van der Waals surface area contributed by atoms with E-state index in [-0.39, 0.29) is 37.3 Å². The number of nitrogens with zero attached hydrogens (tertiary/aromatic N) is 1. The average molecular weight is 436 g/mol. The Morgan fingerprint density at radius 1 is 1.29 bits per heavy atom. The molecule has 1 aromatic carbocycles. The van der Waals surface area contributed by atoms with E-state index >= 15 is 0 Å². The number of nitrogens with one attached hydrogen (secondary N) is 2. The first-order chi connectivity index (χ1) is 14.9. The van der Waals surface area contributed by atoms with E-state index in [0.29, 0.717) is 38.7 Å². The summed E-state index contributed by atoms with van der Waals surface area (Å²) >= 11 is 0. The quantitative estimate of drug-likeness (QED) is 0.378. The fourth-order valence-electron chi connectivity index (χ4n) is 3.03. The number of benzene rings is 1. The Morgan fingerprint density at radius 3 is 2.84 bits per heavy atom. The van der Waals surface area contributed by atoms with Gasteiger partial charge in [-0.25, -0.2) is 0 Å². The average Bonchev–Trinajstić information content (AvgIpc) is 2.75. The molecule has 0 saturated carbocycles. The van der Waals surface area contributed by atoms with E-state index in [2.05, 4.69) is 10.6 Å². The summed E-state index contributed by atoms with van der Waals surface area (Å²) in [5, 5.41) is 5.77.